The van der Waals surface area contributed by atoms with Crippen LogP contribution in [-0.4, -0.2) is 38.8 Å². The topological polar surface area (TPSA) is 70.0 Å². The fourth-order valence-corrected chi connectivity index (χ4v) is 4.44. The van der Waals surface area contributed by atoms with Crippen LogP contribution in [0.1, 0.15) is 88.7 Å². The van der Waals surface area contributed by atoms with Gasteiger partial charge in [-0.2, -0.15) is 0 Å². The second-order valence-electron chi connectivity index (χ2n) is 9.80. The van der Waals surface area contributed by atoms with Crippen molar-refractivity contribution in [1.82, 2.24) is 4.90 Å². The fourth-order valence-electron chi connectivity index (χ4n) is 4.44. The number of amides is 1. The molecule has 0 saturated heterocycles. The summed E-state index contributed by atoms with van der Waals surface area (Å²) in [5.41, 5.74) is 3.86. The maximum atomic E-state index is 12.8. The van der Waals surface area contributed by atoms with Crippen LogP contribution in [0.2, 0.25) is 0 Å². The van der Waals surface area contributed by atoms with Gasteiger partial charge in [0.15, 0.2) is 0 Å². The Kier molecular flexibility index (Phi) is 6.85. The molecular formula is C26H37NO4. The third-order valence-corrected chi connectivity index (χ3v) is 6.57. The molecule has 0 saturated carbocycles. The van der Waals surface area contributed by atoms with Crippen LogP contribution >= 0.6 is 0 Å². The second kappa shape index (κ2) is 9.07. The van der Waals surface area contributed by atoms with Crippen molar-refractivity contribution >= 4 is 5.91 Å². The van der Waals surface area contributed by atoms with Crippen LogP contribution in [0, 0.1) is 0 Å². The lowest BCUT2D eigenvalue weighted by Crippen LogP contribution is -2.49. The summed E-state index contributed by atoms with van der Waals surface area (Å²) in [5.74, 6) is 0.543. The van der Waals surface area contributed by atoms with E-state index in [-0.39, 0.29) is 17.7 Å². The summed E-state index contributed by atoms with van der Waals surface area (Å²) in [6, 6.07) is 1.61. The van der Waals surface area contributed by atoms with Gasteiger partial charge in [-0.25, -0.2) is 0 Å². The molecule has 0 fully saturated rings. The molecular weight excluding hydrogens is 390 g/mol. The number of rotatable bonds is 7. The van der Waals surface area contributed by atoms with Crippen molar-refractivity contribution in [1.29, 1.82) is 0 Å². The molecule has 1 amide bonds. The maximum absolute atomic E-state index is 12.8. The number of phenolic OH excluding ortho intramolecular Hbond substituents is 1. The quantitative estimate of drug-likeness (QED) is 0.581. The average molecular weight is 428 g/mol. The molecule has 1 aromatic carbocycles. The van der Waals surface area contributed by atoms with Crippen molar-refractivity contribution in [3.63, 3.8) is 0 Å². The number of fused-ring (bicyclic) bond motifs is 3. The Balaban J connectivity index is 1.79. The molecule has 2 N–H and O–H groups in total. The maximum Gasteiger partial charge on any atom is 0.255 e. The monoisotopic (exact) mass is 427 g/mol. The molecule has 2 aliphatic heterocycles. The van der Waals surface area contributed by atoms with Gasteiger partial charge in [0.2, 0.25) is 0 Å². The molecule has 3 rings (SSSR count). The molecule has 2 heterocycles. The fraction of sp³-hybridized carbons (Fsp3) is 0.577. The van der Waals surface area contributed by atoms with E-state index in [1.54, 1.807) is 4.90 Å². The van der Waals surface area contributed by atoms with E-state index in [2.05, 4.69) is 32.9 Å². The standard InChI is InChI=1S/C26H37NO4/c1-16(2)9-7-10-18(5)11-8-12-26(6)23(29)14-20-22(28)13-19-21(24(20)31-26)15-27(17(3)4)25(19)30/h9,11,13,17,23,28-29H,7-8,10,12,14-15H2,1-6H3/b18-11+/t23?,26-/m0/s1. The Morgan fingerprint density at radius 2 is 1.97 bits per heavy atom. The van der Waals surface area contributed by atoms with Crippen molar-refractivity contribution in [2.24, 2.45) is 0 Å². The number of carbonyl (C=O) groups excluding carboxylic acids is 1. The first-order chi connectivity index (χ1) is 14.5. The Morgan fingerprint density at radius 3 is 2.61 bits per heavy atom. The lowest BCUT2D eigenvalue weighted by atomic mass is 9.84. The largest absolute Gasteiger partial charge is 0.508 e. The molecule has 170 valence electrons. The van der Waals surface area contributed by atoms with E-state index in [1.165, 1.54) is 17.2 Å². The van der Waals surface area contributed by atoms with Gasteiger partial charge in [0.1, 0.15) is 17.1 Å². The van der Waals surface area contributed by atoms with Gasteiger partial charge in [-0.15, -0.1) is 0 Å². The van der Waals surface area contributed by atoms with Crippen LogP contribution in [0.15, 0.2) is 29.4 Å². The zero-order valence-electron chi connectivity index (χ0n) is 19.8. The van der Waals surface area contributed by atoms with E-state index in [1.807, 2.05) is 20.8 Å². The molecule has 0 radical (unpaired) electrons. The third-order valence-electron chi connectivity index (χ3n) is 6.57. The van der Waals surface area contributed by atoms with Crippen molar-refractivity contribution in [3.8, 4) is 11.5 Å². The summed E-state index contributed by atoms with van der Waals surface area (Å²) in [4.78, 5) is 14.6. The highest BCUT2D eigenvalue weighted by Crippen LogP contribution is 2.46. The lowest BCUT2D eigenvalue weighted by molar-refractivity contribution is -0.0599. The summed E-state index contributed by atoms with van der Waals surface area (Å²) in [6.45, 7) is 12.7. The highest BCUT2D eigenvalue weighted by molar-refractivity contribution is 6.00. The Bertz CT molecular complexity index is 910. The normalized spacial score (nSPS) is 23.0. The van der Waals surface area contributed by atoms with Gasteiger partial charge >= 0.3 is 0 Å². The predicted octanol–water partition coefficient (Wildman–Crippen LogP) is 5.28. The van der Waals surface area contributed by atoms with E-state index in [0.29, 0.717) is 36.3 Å². The number of phenols is 1. The number of hydrogen-bond acceptors (Lipinski definition) is 4. The summed E-state index contributed by atoms with van der Waals surface area (Å²) >= 11 is 0. The van der Waals surface area contributed by atoms with E-state index in [0.717, 1.165) is 24.8 Å². The molecule has 0 bridgehead atoms. The van der Waals surface area contributed by atoms with Crippen LogP contribution in [0.3, 0.4) is 0 Å². The van der Waals surface area contributed by atoms with Crippen molar-refractivity contribution < 1.29 is 19.7 Å². The van der Waals surface area contributed by atoms with Crippen LogP contribution in [0.25, 0.3) is 0 Å². The van der Waals surface area contributed by atoms with Crippen molar-refractivity contribution in [3.05, 3.63) is 46.1 Å². The van der Waals surface area contributed by atoms with E-state index >= 15 is 0 Å². The Labute approximate surface area is 186 Å². The van der Waals surface area contributed by atoms with E-state index < -0.39 is 11.7 Å². The Hall–Kier alpha value is -2.27. The summed E-state index contributed by atoms with van der Waals surface area (Å²) < 4.78 is 6.40. The minimum absolute atomic E-state index is 0.0313. The van der Waals surface area contributed by atoms with Gasteiger partial charge in [-0.1, -0.05) is 23.3 Å². The zero-order valence-corrected chi connectivity index (χ0v) is 19.8. The zero-order chi connectivity index (χ0) is 22.9. The number of hydrogen-bond donors (Lipinski definition) is 2. The molecule has 31 heavy (non-hydrogen) atoms. The minimum Gasteiger partial charge on any atom is -0.508 e. The molecule has 1 aromatic rings. The van der Waals surface area contributed by atoms with E-state index in [9.17, 15) is 15.0 Å². The molecule has 2 aliphatic rings. The number of nitrogens with zero attached hydrogens (tertiary/aromatic N) is 1. The number of carbonyl (C=O) groups is 1. The SMILES string of the molecule is CC(C)=CCC/C(C)=C/CC[C@]1(C)Oc2c(c(O)cc3c2CN(C(C)C)C3=O)CC1O. The van der Waals surface area contributed by atoms with Crippen LogP contribution in [0.4, 0.5) is 0 Å². The number of allylic oxidation sites excluding steroid dienone is 4. The van der Waals surface area contributed by atoms with Crippen LogP contribution < -0.4 is 4.74 Å². The number of ether oxygens (including phenoxy) is 1. The molecule has 0 aromatic heterocycles. The van der Waals surface area contributed by atoms with Crippen LogP contribution in [0.5, 0.6) is 11.5 Å². The summed E-state index contributed by atoms with van der Waals surface area (Å²) in [6.07, 6.45) is 7.63. The Morgan fingerprint density at radius 1 is 1.26 bits per heavy atom. The van der Waals surface area contributed by atoms with Gasteiger partial charge in [-0.05, 0) is 73.3 Å². The highest BCUT2D eigenvalue weighted by Gasteiger charge is 2.44. The van der Waals surface area contributed by atoms with Crippen molar-refractivity contribution in [2.45, 2.75) is 97.9 Å². The van der Waals surface area contributed by atoms with Crippen molar-refractivity contribution in [2.75, 3.05) is 0 Å². The first-order valence-corrected chi connectivity index (χ1v) is 11.4. The summed E-state index contributed by atoms with van der Waals surface area (Å²) in [7, 11) is 0. The minimum atomic E-state index is -0.764. The average Bonchev–Trinajstić information content (AvgIpc) is 3.00. The van der Waals surface area contributed by atoms with E-state index in [4.69, 9.17) is 4.74 Å². The number of aliphatic hydroxyl groups is 1. The second-order valence-corrected chi connectivity index (χ2v) is 9.80. The predicted molar refractivity (Wildman–Crippen MR) is 124 cm³/mol. The lowest BCUT2D eigenvalue weighted by Gasteiger charge is -2.41. The molecule has 5 heteroatoms. The van der Waals surface area contributed by atoms with Gasteiger partial charge in [0, 0.05) is 23.6 Å². The van der Waals surface area contributed by atoms with Gasteiger partial charge in [0.05, 0.1) is 18.2 Å². The smallest absolute Gasteiger partial charge is 0.255 e. The van der Waals surface area contributed by atoms with Gasteiger partial charge in [-0.3, -0.25) is 4.79 Å². The first kappa shape index (κ1) is 23.4. The molecule has 2 atom stereocenters. The molecule has 0 spiro atoms. The highest BCUT2D eigenvalue weighted by atomic mass is 16.5. The van der Waals surface area contributed by atoms with Gasteiger partial charge in [0.25, 0.3) is 5.91 Å². The summed E-state index contributed by atoms with van der Waals surface area (Å²) in [5, 5.41) is 21.4. The van der Waals surface area contributed by atoms with Crippen LogP contribution in [-0.2, 0) is 13.0 Å². The van der Waals surface area contributed by atoms with Gasteiger partial charge < -0.3 is 19.8 Å². The molecule has 0 aliphatic carbocycles. The molecule has 5 nitrogen and oxygen atoms in total. The first-order valence-electron chi connectivity index (χ1n) is 11.4. The molecule has 1 unspecified atom stereocenters. The number of aliphatic hydroxyl groups excluding tert-OH is 1. The third kappa shape index (κ3) is 4.82. The number of benzene rings is 1. The number of aromatic hydroxyl groups is 1.